The minimum Gasteiger partial charge on any atom is -0.404 e. The summed E-state index contributed by atoms with van der Waals surface area (Å²) in [4.78, 5) is 35.2. The monoisotopic (exact) mass is 623 g/mol. The van der Waals surface area contributed by atoms with Gasteiger partial charge in [0.2, 0.25) is 5.96 Å². The van der Waals surface area contributed by atoms with E-state index in [1.807, 2.05) is 24.3 Å². The molecule has 44 heavy (non-hydrogen) atoms. The van der Waals surface area contributed by atoms with Crippen LogP contribution in [0, 0.1) is 5.53 Å². The van der Waals surface area contributed by atoms with Crippen molar-refractivity contribution in [1.82, 2.24) is 4.98 Å². The van der Waals surface area contributed by atoms with Crippen molar-refractivity contribution in [3.8, 4) is 5.75 Å². The number of thiazole rings is 1. The first kappa shape index (κ1) is 30.6. The number of guanidine groups is 1. The number of anilines is 2. The summed E-state index contributed by atoms with van der Waals surface area (Å²) >= 11 is 0.869. The van der Waals surface area contributed by atoms with Gasteiger partial charge in [-0.3, -0.25) is 15.0 Å². The van der Waals surface area contributed by atoms with Crippen LogP contribution in [0.15, 0.2) is 76.8 Å². The summed E-state index contributed by atoms with van der Waals surface area (Å²) in [6, 6.07) is 17.7. The van der Waals surface area contributed by atoms with Crippen LogP contribution in [0.2, 0.25) is 0 Å². The second-order valence-corrected chi connectivity index (χ2v) is 11.2. The number of alkyl halides is 3. The summed E-state index contributed by atoms with van der Waals surface area (Å²) < 4.78 is 43.0. The van der Waals surface area contributed by atoms with Crippen LogP contribution < -0.4 is 20.7 Å². The molecule has 0 saturated heterocycles. The predicted molar refractivity (Wildman–Crippen MR) is 161 cm³/mol. The van der Waals surface area contributed by atoms with Gasteiger partial charge in [0, 0.05) is 11.3 Å². The number of benzene rings is 3. The molecule has 10 nitrogen and oxygen atoms in total. The maximum absolute atomic E-state index is 13.7. The summed E-state index contributed by atoms with van der Waals surface area (Å²) in [6.07, 6.45) is 0.982. The van der Waals surface area contributed by atoms with Gasteiger partial charge < -0.3 is 10.5 Å². The van der Waals surface area contributed by atoms with Crippen molar-refractivity contribution >= 4 is 50.3 Å². The molecule has 1 aromatic heterocycles. The number of nitrogens with one attached hydrogen (secondary N) is 2. The number of nitrogens with two attached hydrogens (primary N) is 1. The number of carbonyl (C=O) groups excluding carboxylic acids is 2. The van der Waals surface area contributed by atoms with Crippen LogP contribution in [-0.2, 0) is 6.54 Å². The molecule has 1 aliphatic carbocycles. The van der Waals surface area contributed by atoms with Crippen molar-refractivity contribution < 1.29 is 27.5 Å². The summed E-state index contributed by atoms with van der Waals surface area (Å²) in [5, 5.41) is 5.73. The van der Waals surface area contributed by atoms with E-state index in [0.717, 1.165) is 24.2 Å². The van der Waals surface area contributed by atoms with Crippen molar-refractivity contribution in [2.75, 3.05) is 10.2 Å². The van der Waals surface area contributed by atoms with E-state index in [9.17, 15) is 22.8 Å². The number of hydrogen-bond donors (Lipinski definition) is 3. The van der Waals surface area contributed by atoms with Gasteiger partial charge in [0.25, 0.3) is 5.91 Å². The van der Waals surface area contributed by atoms with E-state index in [2.05, 4.69) is 25.1 Å². The van der Waals surface area contributed by atoms with Crippen LogP contribution in [0.5, 0.6) is 5.75 Å². The maximum Gasteiger partial charge on any atom is 0.573 e. The van der Waals surface area contributed by atoms with E-state index in [1.165, 1.54) is 60.1 Å². The van der Waals surface area contributed by atoms with E-state index < -0.39 is 30.0 Å². The van der Waals surface area contributed by atoms with Crippen molar-refractivity contribution in [2.24, 2.45) is 15.8 Å². The summed E-state index contributed by atoms with van der Waals surface area (Å²) in [6.45, 7) is 0.101. The van der Waals surface area contributed by atoms with Gasteiger partial charge in [0.15, 0.2) is 5.13 Å². The standard InChI is InChI=1S/C30H28F3N7O3S/c31-30(32,33)43-24-8-4-7-23-25(24)44-28(36-23)38-29(42)40(22-15-13-20(14-16-22)19-5-2-1-3-6-19)17-18-9-11-21(12-10-18)26(41)37-27(34)39-35/h4,7-16,19,35H,1-3,5-6,17H2,(H2,34,37,41)(H,36,38,42). The van der Waals surface area contributed by atoms with Crippen LogP contribution in [0.25, 0.3) is 10.2 Å². The minimum atomic E-state index is -4.88. The first-order valence-corrected chi connectivity index (χ1v) is 14.6. The fourth-order valence-electron chi connectivity index (χ4n) is 5.11. The number of rotatable bonds is 7. The Morgan fingerprint density at radius 1 is 1.05 bits per heavy atom. The van der Waals surface area contributed by atoms with E-state index in [4.69, 9.17) is 11.3 Å². The molecule has 1 saturated carbocycles. The lowest BCUT2D eigenvalue weighted by molar-refractivity contribution is -0.274. The Morgan fingerprint density at radius 3 is 2.41 bits per heavy atom. The van der Waals surface area contributed by atoms with Gasteiger partial charge in [-0.1, -0.05) is 60.9 Å². The summed E-state index contributed by atoms with van der Waals surface area (Å²) in [7, 11) is 0. The van der Waals surface area contributed by atoms with Crippen LogP contribution in [0.4, 0.5) is 28.8 Å². The molecular weight excluding hydrogens is 595 g/mol. The molecule has 0 bridgehead atoms. The molecular formula is C30H28F3N7O3S. The van der Waals surface area contributed by atoms with Gasteiger partial charge in [-0.15, -0.1) is 18.3 Å². The summed E-state index contributed by atoms with van der Waals surface area (Å²) in [5.41, 5.74) is 15.1. The van der Waals surface area contributed by atoms with E-state index >= 15 is 0 Å². The lowest BCUT2D eigenvalue weighted by Gasteiger charge is -2.25. The zero-order valence-electron chi connectivity index (χ0n) is 23.3. The van der Waals surface area contributed by atoms with Crippen molar-refractivity contribution in [3.63, 3.8) is 0 Å². The normalized spacial score (nSPS) is 14.3. The highest BCUT2D eigenvalue weighted by molar-refractivity contribution is 7.22. The molecule has 0 unspecified atom stereocenters. The number of amides is 3. The Balaban J connectivity index is 1.41. The van der Waals surface area contributed by atoms with Gasteiger partial charge in [-0.2, -0.15) is 4.99 Å². The Bertz CT molecular complexity index is 1680. The molecule has 0 radical (unpaired) electrons. The maximum atomic E-state index is 13.7. The molecule has 4 aromatic rings. The van der Waals surface area contributed by atoms with Crippen molar-refractivity contribution in [3.05, 3.63) is 83.4 Å². The first-order valence-electron chi connectivity index (χ1n) is 13.8. The van der Waals surface area contributed by atoms with Gasteiger partial charge >= 0.3 is 12.4 Å². The number of aromatic nitrogens is 1. The second kappa shape index (κ2) is 13.2. The average Bonchev–Trinajstić information content (AvgIpc) is 3.43. The SMILES string of the molecule is N=NC(N)=NC(=O)c1ccc(CN(C(=O)Nc2nc3cccc(OC(F)(F)F)c3s2)c2ccc(C3CCCCC3)cc2)cc1. The largest absolute Gasteiger partial charge is 0.573 e. The molecule has 0 atom stereocenters. The van der Waals surface area contributed by atoms with Gasteiger partial charge in [-0.05, 0) is 66.3 Å². The Labute approximate surface area is 254 Å². The molecule has 0 spiro atoms. The molecule has 4 N–H and O–H groups in total. The van der Waals surface area contributed by atoms with Crippen molar-refractivity contribution in [2.45, 2.75) is 50.9 Å². The highest BCUT2D eigenvalue weighted by Crippen LogP contribution is 2.37. The third kappa shape index (κ3) is 7.56. The van der Waals surface area contributed by atoms with Crippen LogP contribution >= 0.6 is 11.3 Å². The average molecular weight is 624 g/mol. The van der Waals surface area contributed by atoms with E-state index in [0.29, 0.717) is 17.2 Å². The smallest absolute Gasteiger partial charge is 0.404 e. The van der Waals surface area contributed by atoms with E-state index in [-0.39, 0.29) is 27.5 Å². The molecule has 0 aliphatic heterocycles. The third-order valence-electron chi connectivity index (χ3n) is 7.22. The topological polar surface area (TPSA) is 146 Å². The zero-order chi connectivity index (χ0) is 31.3. The Hall–Kier alpha value is -4.85. The number of hydrogen-bond acceptors (Lipinski definition) is 6. The number of nitrogens with zero attached hydrogens (tertiary/aromatic N) is 4. The van der Waals surface area contributed by atoms with Crippen LogP contribution in [0.3, 0.4) is 0 Å². The number of urea groups is 1. The number of halogens is 3. The molecule has 14 heteroatoms. The molecule has 1 fully saturated rings. The molecule has 1 aliphatic rings. The second-order valence-electron chi connectivity index (χ2n) is 10.2. The van der Waals surface area contributed by atoms with Gasteiger partial charge in [0.05, 0.1) is 16.8 Å². The Morgan fingerprint density at radius 2 is 1.75 bits per heavy atom. The lowest BCUT2D eigenvalue weighted by Crippen LogP contribution is -2.34. The highest BCUT2D eigenvalue weighted by atomic mass is 32.1. The highest BCUT2D eigenvalue weighted by Gasteiger charge is 2.32. The first-order chi connectivity index (χ1) is 21.1. The Kier molecular flexibility index (Phi) is 9.18. The molecule has 3 aromatic carbocycles. The molecule has 1 heterocycles. The number of carbonyl (C=O) groups is 2. The molecule has 5 rings (SSSR count). The van der Waals surface area contributed by atoms with Gasteiger partial charge in [0.1, 0.15) is 5.75 Å². The minimum absolute atomic E-state index is 0.100. The zero-order valence-corrected chi connectivity index (χ0v) is 24.1. The summed E-state index contributed by atoms with van der Waals surface area (Å²) in [5.74, 6) is -1.06. The lowest BCUT2D eigenvalue weighted by atomic mass is 9.84. The number of fused-ring (bicyclic) bond motifs is 1. The molecule has 3 amide bonds. The third-order valence-corrected chi connectivity index (χ3v) is 8.22. The van der Waals surface area contributed by atoms with Gasteiger partial charge in [-0.25, -0.2) is 15.3 Å². The number of aliphatic imine (C=N–C) groups is 1. The van der Waals surface area contributed by atoms with Crippen LogP contribution in [-0.4, -0.2) is 29.2 Å². The van der Waals surface area contributed by atoms with E-state index in [1.54, 1.807) is 12.1 Å². The van der Waals surface area contributed by atoms with Crippen LogP contribution in [0.1, 0.15) is 59.5 Å². The number of ether oxygens (including phenoxy) is 1. The van der Waals surface area contributed by atoms with Crippen molar-refractivity contribution in [1.29, 1.82) is 5.53 Å². The molecule has 228 valence electrons. The fourth-order valence-corrected chi connectivity index (χ4v) is 6.02. The quantitative estimate of drug-likeness (QED) is 0.109. The predicted octanol–water partition coefficient (Wildman–Crippen LogP) is 7.97. The fraction of sp³-hybridized carbons (Fsp3) is 0.267.